The zero-order valence-electron chi connectivity index (χ0n) is 25.8. The van der Waals surface area contributed by atoms with Gasteiger partial charge in [0.2, 0.25) is 11.8 Å². The van der Waals surface area contributed by atoms with E-state index in [-0.39, 0.29) is 43.8 Å². The van der Waals surface area contributed by atoms with E-state index in [4.69, 9.17) is 9.47 Å². The number of para-hydroxylation sites is 1. The van der Waals surface area contributed by atoms with E-state index in [0.29, 0.717) is 32.3 Å². The van der Waals surface area contributed by atoms with E-state index in [1.54, 1.807) is 0 Å². The van der Waals surface area contributed by atoms with Crippen LogP contribution in [0.2, 0.25) is 0 Å². The number of carbonyl (C=O) groups is 3. The van der Waals surface area contributed by atoms with Gasteiger partial charge in [-0.2, -0.15) is 0 Å². The second kappa shape index (κ2) is 16.4. The molecule has 9 heteroatoms. The fraction of sp³-hybridized carbons (Fsp3) is 0.324. The third-order valence-electron chi connectivity index (χ3n) is 8.08. The molecule has 0 saturated carbocycles. The van der Waals surface area contributed by atoms with E-state index in [1.165, 1.54) is 0 Å². The molecule has 2 amide bonds. The molecule has 0 spiro atoms. The number of cyclic esters (lactones) is 1. The first kappa shape index (κ1) is 32.5. The molecule has 240 valence electrons. The number of esters is 1. The maximum absolute atomic E-state index is 13.5. The summed E-state index contributed by atoms with van der Waals surface area (Å²) in [4.78, 5) is 42.2. The number of fused-ring (bicyclic) bond motifs is 1. The van der Waals surface area contributed by atoms with Crippen molar-refractivity contribution in [2.24, 2.45) is 5.92 Å². The molecule has 3 unspecified atom stereocenters. The highest BCUT2D eigenvalue weighted by molar-refractivity contribution is 5.87. The summed E-state index contributed by atoms with van der Waals surface area (Å²) < 4.78 is 11.4. The predicted molar refractivity (Wildman–Crippen MR) is 176 cm³/mol. The van der Waals surface area contributed by atoms with Crippen LogP contribution in [0.4, 0.5) is 0 Å². The first-order valence-electron chi connectivity index (χ1n) is 15.8. The topological polar surface area (TPSA) is 130 Å². The highest BCUT2D eigenvalue weighted by Crippen LogP contribution is 2.21. The lowest BCUT2D eigenvalue weighted by atomic mass is 9.97. The van der Waals surface area contributed by atoms with Crippen LogP contribution in [0.1, 0.15) is 42.4 Å². The van der Waals surface area contributed by atoms with E-state index < -0.39 is 18.0 Å². The molecule has 2 heterocycles. The summed E-state index contributed by atoms with van der Waals surface area (Å²) in [7, 11) is 0. The van der Waals surface area contributed by atoms with Crippen molar-refractivity contribution in [3.05, 3.63) is 114 Å². The number of aromatic nitrogens is 1. The largest absolute Gasteiger partial charge is 0.489 e. The van der Waals surface area contributed by atoms with Crippen molar-refractivity contribution in [3.8, 4) is 5.75 Å². The van der Waals surface area contributed by atoms with Gasteiger partial charge >= 0.3 is 5.97 Å². The van der Waals surface area contributed by atoms with E-state index in [2.05, 4.69) is 15.6 Å². The Balaban J connectivity index is 1.18. The summed E-state index contributed by atoms with van der Waals surface area (Å²) in [6, 6.07) is 24.4. The van der Waals surface area contributed by atoms with Gasteiger partial charge in [-0.25, -0.2) is 0 Å². The average Bonchev–Trinajstić information content (AvgIpc) is 3.48. The summed E-state index contributed by atoms with van der Waals surface area (Å²) in [5, 5.41) is 17.0. The van der Waals surface area contributed by atoms with Crippen molar-refractivity contribution in [2.45, 2.75) is 57.2 Å². The molecular weight excluding hydrogens is 582 g/mol. The molecule has 1 aliphatic heterocycles. The average molecular weight is 624 g/mol. The van der Waals surface area contributed by atoms with Crippen LogP contribution < -0.4 is 15.4 Å². The number of aliphatic hydroxyl groups excluding tert-OH is 1. The number of benzene rings is 3. The molecular formula is C37H41N3O6. The van der Waals surface area contributed by atoms with Crippen LogP contribution in [0, 0.1) is 5.92 Å². The summed E-state index contributed by atoms with van der Waals surface area (Å²) >= 11 is 0. The number of carbonyl (C=O) groups excluding carboxylic acids is 3. The Kier molecular flexibility index (Phi) is 11.6. The molecule has 5 rings (SSSR count). The minimum Gasteiger partial charge on any atom is -0.489 e. The Labute approximate surface area is 269 Å². The molecule has 0 radical (unpaired) electrons. The van der Waals surface area contributed by atoms with E-state index in [9.17, 15) is 19.5 Å². The minimum atomic E-state index is -0.628. The smallest absolute Gasteiger partial charge is 0.306 e. The van der Waals surface area contributed by atoms with E-state index >= 15 is 0 Å². The van der Waals surface area contributed by atoms with Crippen LogP contribution in [0.25, 0.3) is 10.9 Å². The van der Waals surface area contributed by atoms with Gasteiger partial charge in [0.05, 0.1) is 24.6 Å². The number of allylic oxidation sites excluding steroid dienone is 2. The minimum absolute atomic E-state index is 0.0371. The van der Waals surface area contributed by atoms with Crippen LogP contribution >= 0.6 is 0 Å². The Morgan fingerprint density at radius 1 is 0.978 bits per heavy atom. The third-order valence-corrected chi connectivity index (χ3v) is 8.08. The second-order valence-electron chi connectivity index (χ2n) is 11.7. The fourth-order valence-corrected chi connectivity index (χ4v) is 5.58. The maximum Gasteiger partial charge on any atom is 0.306 e. The fourth-order valence-electron chi connectivity index (χ4n) is 5.58. The molecule has 9 nitrogen and oxygen atoms in total. The first-order chi connectivity index (χ1) is 22.5. The van der Waals surface area contributed by atoms with Gasteiger partial charge in [-0.3, -0.25) is 14.4 Å². The summed E-state index contributed by atoms with van der Waals surface area (Å²) in [5.74, 6) is -0.813. The molecule has 1 aliphatic rings. The SMILES string of the molecule is O=C(CC1CC=CCCC(=O)OCC(Cc2c[nH]c3ccccc23)NC1=O)NC(CO)Cc1ccc(OCc2ccccc2)cc1. The standard InChI is InChI=1S/C37H41N3O6/c41-23-30(19-26-15-17-32(18-16-26)45-24-27-9-3-1-4-10-27)39-35(42)21-28-11-5-2-6-14-36(43)46-25-31(40-37(28)44)20-29-22-38-34-13-8-7-12-33(29)34/h1-5,7-10,12-13,15-18,22,28,30-31,38,41H,6,11,14,19-21,23-25H2,(H,39,42)(H,40,44). The molecule has 0 aliphatic carbocycles. The number of rotatable bonds is 11. The van der Waals surface area contributed by atoms with E-state index in [0.717, 1.165) is 33.3 Å². The lowest BCUT2D eigenvalue weighted by Gasteiger charge is -2.23. The Morgan fingerprint density at radius 2 is 1.76 bits per heavy atom. The number of aromatic amines is 1. The van der Waals surface area contributed by atoms with E-state index in [1.807, 2.05) is 97.2 Å². The van der Waals surface area contributed by atoms with Gasteiger partial charge in [0.1, 0.15) is 19.0 Å². The van der Waals surface area contributed by atoms with Gasteiger partial charge in [-0.15, -0.1) is 0 Å². The molecule has 0 fully saturated rings. The van der Waals surface area contributed by atoms with Gasteiger partial charge in [0.25, 0.3) is 0 Å². The number of ether oxygens (including phenoxy) is 2. The van der Waals surface area contributed by atoms with Gasteiger partial charge in [-0.05, 0) is 60.6 Å². The third kappa shape index (κ3) is 9.55. The molecule has 0 saturated heterocycles. The first-order valence-corrected chi connectivity index (χ1v) is 15.8. The molecule has 0 bridgehead atoms. The van der Waals surface area contributed by atoms with Crippen LogP contribution in [0.5, 0.6) is 5.75 Å². The van der Waals surface area contributed by atoms with Gasteiger partial charge in [0, 0.05) is 29.9 Å². The zero-order chi connectivity index (χ0) is 32.1. The second-order valence-corrected chi connectivity index (χ2v) is 11.7. The number of H-pyrrole nitrogens is 1. The molecule has 3 atom stereocenters. The Morgan fingerprint density at radius 3 is 2.57 bits per heavy atom. The summed E-state index contributed by atoms with van der Waals surface area (Å²) in [6.07, 6.45) is 7.52. The van der Waals surface area contributed by atoms with Gasteiger partial charge in [0.15, 0.2) is 0 Å². The molecule has 4 aromatic rings. The molecule has 1 aromatic heterocycles. The van der Waals surface area contributed by atoms with Crippen LogP contribution in [0.15, 0.2) is 97.2 Å². The lowest BCUT2D eigenvalue weighted by Crippen LogP contribution is -2.45. The number of nitrogens with one attached hydrogen (secondary N) is 3. The number of hydrogen-bond donors (Lipinski definition) is 4. The zero-order valence-corrected chi connectivity index (χ0v) is 25.8. The van der Waals surface area contributed by atoms with Crippen molar-refractivity contribution in [1.29, 1.82) is 0 Å². The van der Waals surface area contributed by atoms with Gasteiger partial charge < -0.3 is 30.2 Å². The normalized spacial score (nSPS) is 18.1. The summed E-state index contributed by atoms with van der Waals surface area (Å²) in [5.41, 5.74) is 4.00. The highest BCUT2D eigenvalue weighted by Gasteiger charge is 2.26. The quantitative estimate of drug-likeness (QED) is 0.141. The van der Waals surface area contributed by atoms with Gasteiger partial charge in [-0.1, -0.05) is 72.8 Å². The van der Waals surface area contributed by atoms with Crippen molar-refractivity contribution < 1.29 is 29.0 Å². The molecule has 3 aromatic carbocycles. The number of amides is 2. The van der Waals surface area contributed by atoms with Crippen LogP contribution in [0.3, 0.4) is 0 Å². The van der Waals surface area contributed by atoms with Crippen LogP contribution in [-0.4, -0.2) is 53.2 Å². The Hall–Kier alpha value is -4.89. The van der Waals surface area contributed by atoms with Crippen molar-refractivity contribution in [2.75, 3.05) is 13.2 Å². The monoisotopic (exact) mass is 623 g/mol. The van der Waals surface area contributed by atoms with Crippen molar-refractivity contribution in [1.82, 2.24) is 15.6 Å². The predicted octanol–water partition coefficient (Wildman–Crippen LogP) is 4.78. The van der Waals surface area contributed by atoms with Crippen molar-refractivity contribution in [3.63, 3.8) is 0 Å². The lowest BCUT2D eigenvalue weighted by molar-refractivity contribution is -0.145. The maximum atomic E-state index is 13.5. The van der Waals surface area contributed by atoms with Crippen LogP contribution in [-0.2, 0) is 38.6 Å². The summed E-state index contributed by atoms with van der Waals surface area (Å²) in [6.45, 7) is 0.260. The Bertz CT molecular complexity index is 1620. The number of hydrogen-bond acceptors (Lipinski definition) is 6. The molecule has 4 N–H and O–H groups in total. The highest BCUT2D eigenvalue weighted by atomic mass is 16.5. The number of aliphatic hydroxyl groups is 1. The molecule has 46 heavy (non-hydrogen) atoms. The van der Waals surface area contributed by atoms with Crippen molar-refractivity contribution >= 4 is 28.7 Å².